The van der Waals surface area contributed by atoms with E-state index < -0.39 is 36.4 Å². The van der Waals surface area contributed by atoms with Crippen molar-refractivity contribution in [2.45, 2.75) is 25.1 Å². The van der Waals surface area contributed by atoms with E-state index in [1.165, 1.54) is 32.4 Å². The first-order valence-corrected chi connectivity index (χ1v) is 11.7. The fourth-order valence-corrected chi connectivity index (χ4v) is 3.64. The topological polar surface area (TPSA) is 107 Å². The van der Waals surface area contributed by atoms with Crippen LogP contribution >= 0.6 is 0 Å². The summed E-state index contributed by atoms with van der Waals surface area (Å²) in [4.78, 5) is 38.4. The van der Waals surface area contributed by atoms with E-state index in [0.29, 0.717) is 5.75 Å². The van der Waals surface area contributed by atoms with Crippen LogP contribution in [0.1, 0.15) is 26.3 Å². The molecule has 0 unspecified atom stereocenters. The van der Waals surface area contributed by atoms with Crippen molar-refractivity contribution < 1.29 is 42.8 Å². The van der Waals surface area contributed by atoms with Gasteiger partial charge in [0.05, 0.1) is 32.0 Å². The number of carbonyl (C=O) groups excluding carboxylic acids is 3. The van der Waals surface area contributed by atoms with Crippen LogP contribution in [0.25, 0.3) is 0 Å². The van der Waals surface area contributed by atoms with E-state index in [1.54, 1.807) is 42.5 Å². The van der Waals surface area contributed by atoms with Crippen molar-refractivity contribution >= 4 is 17.9 Å². The number of hydrogen-bond donors (Lipinski definition) is 0. The Morgan fingerprint density at radius 1 is 0.737 bits per heavy atom. The molecule has 4 rings (SSSR count). The Hall–Kier alpha value is -4.63. The highest BCUT2D eigenvalue weighted by Gasteiger charge is 2.43. The molecule has 0 aromatic heterocycles. The van der Waals surface area contributed by atoms with E-state index in [9.17, 15) is 14.4 Å². The zero-order valence-electron chi connectivity index (χ0n) is 20.8. The summed E-state index contributed by atoms with van der Waals surface area (Å²) >= 11 is 0. The fourth-order valence-electron chi connectivity index (χ4n) is 3.64. The summed E-state index contributed by atoms with van der Waals surface area (Å²) in [7, 11) is 2.70. The fraction of sp³-hybridized carbons (Fsp3) is 0.207. The molecule has 0 saturated heterocycles. The molecular weight excluding hydrogens is 492 g/mol. The van der Waals surface area contributed by atoms with Crippen LogP contribution in [0.2, 0.25) is 0 Å². The molecule has 3 aromatic rings. The highest BCUT2D eigenvalue weighted by atomic mass is 16.7. The highest BCUT2D eigenvalue weighted by molar-refractivity contribution is 5.91. The van der Waals surface area contributed by atoms with Gasteiger partial charge in [-0.25, -0.2) is 14.4 Å². The van der Waals surface area contributed by atoms with Crippen LogP contribution in [0.5, 0.6) is 5.75 Å². The number of rotatable bonds is 9. The number of esters is 3. The number of ether oxygens (including phenoxy) is 6. The van der Waals surface area contributed by atoms with Crippen LogP contribution in [0.15, 0.2) is 96.8 Å². The molecule has 3 atom stereocenters. The van der Waals surface area contributed by atoms with E-state index in [-0.39, 0.29) is 23.5 Å². The number of benzene rings is 3. The first-order valence-electron chi connectivity index (χ1n) is 11.7. The van der Waals surface area contributed by atoms with Crippen LogP contribution in [0.4, 0.5) is 0 Å². The highest BCUT2D eigenvalue weighted by Crippen LogP contribution is 2.28. The maximum Gasteiger partial charge on any atom is 0.373 e. The molecule has 0 N–H and O–H groups in total. The zero-order chi connectivity index (χ0) is 26.9. The Labute approximate surface area is 219 Å². The van der Waals surface area contributed by atoms with E-state index in [1.807, 2.05) is 30.3 Å². The minimum Gasteiger partial charge on any atom is -0.497 e. The van der Waals surface area contributed by atoms with E-state index in [4.69, 9.17) is 28.4 Å². The normalized spacial score (nSPS) is 18.4. The predicted molar refractivity (Wildman–Crippen MR) is 134 cm³/mol. The van der Waals surface area contributed by atoms with Gasteiger partial charge in [-0.15, -0.1) is 0 Å². The smallest absolute Gasteiger partial charge is 0.373 e. The van der Waals surface area contributed by atoms with Crippen LogP contribution in [-0.2, 0) is 35.1 Å². The molecule has 0 spiro atoms. The quantitative estimate of drug-likeness (QED) is 0.306. The molecular formula is C29H26O9. The molecule has 1 aliphatic heterocycles. The Balaban J connectivity index is 1.64. The number of methoxy groups -OCH3 is 2. The Morgan fingerprint density at radius 3 is 1.97 bits per heavy atom. The van der Waals surface area contributed by atoms with Crippen molar-refractivity contribution in [3.63, 3.8) is 0 Å². The summed E-state index contributed by atoms with van der Waals surface area (Å²) in [5.74, 6) is -1.90. The first-order chi connectivity index (χ1) is 18.5. The molecule has 3 aromatic carbocycles. The van der Waals surface area contributed by atoms with Crippen molar-refractivity contribution in [3.8, 4) is 5.75 Å². The monoisotopic (exact) mass is 518 g/mol. The van der Waals surface area contributed by atoms with Gasteiger partial charge in [-0.3, -0.25) is 0 Å². The number of carbonyl (C=O) groups is 3. The second-order valence-corrected chi connectivity index (χ2v) is 8.14. The minimum absolute atomic E-state index is 0.0679. The lowest BCUT2D eigenvalue weighted by Gasteiger charge is -2.35. The van der Waals surface area contributed by atoms with Gasteiger partial charge < -0.3 is 28.4 Å². The third-order valence-electron chi connectivity index (χ3n) is 5.62. The van der Waals surface area contributed by atoms with Crippen molar-refractivity contribution in [3.05, 3.63) is 113 Å². The second kappa shape index (κ2) is 12.6. The molecule has 9 nitrogen and oxygen atoms in total. The largest absolute Gasteiger partial charge is 0.497 e. The summed E-state index contributed by atoms with van der Waals surface area (Å²) < 4.78 is 33.1. The molecule has 0 aliphatic carbocycles. The van der Waals surface area contributed by atoms with Gasteiger partial charge in [0.15, 0.2) is 6.10 Å². The van der Waals surface area contributed by atoms with Gasteiger partial charge in [0.1, 0.15) is 5.75 Å². The average molecular weight is 519 g/mol. The van der Waals surface area contributed by atoms with Crippen LogP contribution < -0.4 is 4.74 Å². The van der Waals surface area contributed by atoms with Crippen molar-refractivity contribution in [2.24, 2.45) is 0 Å². The third kappa shape index (κ3) is 6.57. The Bertz CT molecular complexity index is 1270. The lowest BCUT2D eigenvalue weighted by Crippen LogP contribution is -2.48. The summed E-state index contributed by atoms with van der Waals surface area (Å²) in [5, 5.41) is 0. The van der Waals surface area contributed by atoms with E-state index >= 15 is 0 Å². The Kier molecular flexibility index (Phi) is 8.73. The van der Waals surface area contributed by atoms with Gasteiger partial charge >= 0.3 is 17.9 Å². The van der Waals surface area contributed by atoms with Gasteiger partial charge in [0, 0.05) is 6.08 Å². The van der Waals surface area contributed by atoms with E-state index in [2.05, 4.69) is 0 Å². The van der Waals surface area contributed by atoms with Gasteiger partial charge in [-0.1, -0.05) is 48.5 Å². The summed E-state index contributed by atoms with van der Waals surface area (Å²) in [6.07, 6.45) is -2.54. The van der Waals surface area contributed by atoms with E-state index in [0.717, 1.165) is 5.56 Å². The SMILES string of the molecule is COC(=O)C1=C[C@H](OC(=O)c2ccc(OC)cc2)[C@@H](OC(=O)c2ccccc2)[C@H](OCc2ccccc2)O1. The molecule has 1 heterocycles. The Morgan fingerprint density at radius 2 is 1.34 bits per heavy atom. The molecule has 1 aliphatic rings. The van der Waals surface area contributed by atoms with Gasteiger partial charge in [-0.05, 0) is 42.0 Å². The lowest BCUT2D eigenvalue weighted by atomic mass is 10.1. The zero-order valence-corrected chi connectivity index (χ0v) is 20.8. The predicted octanol–water partition coefficient (Wildman–Crippen LogP) is 4.08. The molecule has 0 radical (unpaired) electrons. The number of hydrogen-bond acceptors (Lipinski definition) is 9. The van der Waals surface area contributed by atoms with Crippen LogP contribution in [0, 0.1) is 0 Å². The van der Waals surface area contributed by atoms with Gasteiger partial charge in [0.2, 0.25) is 18.2 Å². The average Bonchev–Trinajstić information content (AvgIpc) is 2.97. The third-order valence-corrected chi connectivity index (χ3v) is 5.62. The molecule has 0 amide bonds. The summed E-state index contributed by atoms with van der Waals surface area (Å²) in [5.41, 5.74) is 1.31. The molecule has 0 saturated carbocycles. The van der Waals surface area contributed by atoms with Crippen molar-refractivity contribution in [2.75, 3.05) is 14.2 Å². The molecule has 38 heavy (non-hydrogen) atoms. The molecule has 0 bridgehead atoms. The maximum atomic E-state index is 13.0. The minimum atomic E-state index is -1.30. The molecule has 196 valence electrons. The van der Waals surface area contributed by atoms with Crippen LogP contribution in [-0.4, -0.2) is 50.6 Å². The van der Waals surface area contributed by atoms with Crippen molar-refractivity contribution in [1.29, 1.82) is 0 Å². The molecule has 9 heteroatoms. The standard InChI is InChI=1S/C29H26O9/c1-33-22-15-13-21(14-16-22)26(30)36-23-17-24(28(32)34-2)37-29(35-18-19-9-5-3-6-10-19)25(23)38-27(31)20-11-7-4-8-12-20/h3-17,23,25,29H,18H2,1-2H3/t23-,25+,29+/m0/s1. The lowest BCUT2D eigenvalue weighted by molar-refractivity contribution is -0.213. The van der Waals surface area contributed by atoms with Crippen LogP contribution in [0.3, 0.4) is 0 Å². The summed E-state index contributed by atoms with van der Waals surface area (Å²) in [6.45, 7) is 0.0679. The van der Waals surface area contributed by atoms with Gasteiger partial charge in [-0.2, -0.15) is 0 Å². The first kappa shape index (κ1) is 26.4. The van der Waals surface area contributed by atoms with Crippen molar-refractivity contribution in [1.82, 2.24) is 0 Å². The van der Waals surface area contributed by atoms with Gasteiger partial charge in [0.25, 0.3) is 0 Å². The maximum absolute atomic E-state index is 13.0. The second-order valence-electron chi connectivity index (χ2n) is 8.14. The molecule has 0 fully saturated rings. The summed E-state index contributed by atoms with van der Waals surface area (Å²) in [6, 6.07) is 23.8.